The molecule has 0 saturated heterocycles. The summed E-state index contributed by atoms with van der Waals surface area (Å²) in [5.41, 5.74) is 7.88. The molecule has 0 bridgehead atoms. The zero-order valence-electron chi connectivity index (χ0n) is 14.0. The van der Waals surface area contributed by atoms with Gasteiger partial charge in [-0.1, -0.05) is 35.9 Å². The van der Waals surface area contributed by atoms with Crippen LogP contribution in [0.3, 0.4) is 0 Å². The van der Waals surface area contributed by atoms with Gasteiger partial charge in [0.25, 0.3) is 5.91 Å². The number of hydrogen-bond donors (Lipinski definition) is 1. The molecule has 23 heavy (non-hydrogen) atoms. The molecular weight excluding hydrogens is 288 g/mol. The van der Waals surface area contributed by atoms with E-state index in [1.165, 1.54) is 5.56 Å². The number of carbonyl (C=O) groups is 1. The molecule has 0 radical (unpaired) electrons. The summed E-state index contributed by atoms with van der Waals surface area (Å²) in [5, 5.41) is 3.98. The van der Waals surface area contributed by atoms with Crippen LogP contribution in [0.5, 0.6) is 5.75 Å². The van der Waals surface area contributed by atoms with Crippen LogP contribution in [0.2, 0.25) is 0 Å². The van der Waals surface area contributed by atoms with Crippen LogP contribution < -0.4 is 10.2 Å². The molecule has 0 heterocycles. The average molecular weight is 310 g/mol. The van der Waals surface area contributed by atoms with Crippen molar-refractivity contribution >= 4 is 12.1 Å². The van der Waals surface area contributed by atoms with Crippen LogP contribution in [0, 0.1) is 27.7 Å². The molecule has 1 amide bonds. The molecule has 0 atom stereocenters. The SMILES string of the molecule is Cc1ccc(/C=N/NC(=O)COc2cc(C)ccc2C)c(C)c1. The van der Waals surface area contributed by atoms with Crippen molar-refractivity contribution in [2.75, 3.05) is 6.61 Å². The molecular formula is C19H22N2O2. The lowest BCUT2D eigenvalue weighted by Crippen LogP contribution is -2.24. The number of ether oxygens (including phenoxy) is 1. The lowest BCUT2D eigenvalue weighted by atomic mass is 10.1. The third-order valence-corrected chi connectivity index (χ3v) is 3.52. The highest BCUT2D eigenvalue weighted by atomic mass is 16.5. The number of nitrogens with zero attached hydrogens (tertiary/aromatic N) is 1. The Kier molecular flexibility index (Phi) is 5.52. The van der Waals surface area contributed by atoms with E-state index >= 15 is 0 Å². The number of nitrogens with one attached hydrogen (secondary N) is 1. The third kappa shape index (κ3) is 4.95. The van der Waals surface area contributed by atoms with Gasteiger partial charge in [0.1, 0.15) is 5.75 Å². The van der Waals surface area contributed by atoms with Crippen LogP contribution in [-0.2, 0) is 4.79 Å². The Bertz CT molecular complexity index is 736. The molecule has 2 aromatic carbocycles. The van der Waals surface area contributed by atoms with Crippen LogP contribution in [0.1, 0.15) is 27.8 Å². The van der Waals surface area contributed by atoms with Crippen molar-refractivity contribution in [1.82, 2.24) is 5.43 Å². The van der Waals surface area contributed by atoms with Crippen LogP contribution in [0.25, 0.3) is 0 Å². The molecule has 0 aliphatic heterocycles. The molecule has 4 heteroatoms. The van der Waals surface area contributed by atoms with Crippen molar-refractivity contribution in [3.05, 3.63) is 64.2 Å². The lowest BCUT2D eigenvalue weighted by molar-refractivity contribution is -0.123. The monoisotopic (exact) mass is 310 g/mol. The summed E-state index contributed by atoms with van der Waals surface area (Å²) in [7, 11) is 0. The highest BCUT2D eigenvalue weighted by Gasteiger charge is 2.04. The van der Waals surface area contributed by atoms with Gasteiger partial charge in [-0.15, -0.1) is 0 Å². The van der Waals surface area contributed by atoms with Gasteiger partial charge in [-0.05, 0) is 56.0 Å². The average Bonchev–Trinajstić information content (AvgIpc) is 2.50. The number of carbonyl (C=O) groups excluding carboxylic acids is 1. The first-order valence-electron chi connectivity index (χ1n) is 7.55. The Labute approximate surface area is 137 Å². The molecule has 0 saturated carbocycles. The van der Waals surface area contributed by atoms with E-state index in [4.69, 9.17) is 4.74 Å². The van der Waals surface area contributed by atoms with Crippen molar-refractivity contribution in [3.8, 4) is 5.75 Å². The number of aryl methyl sites for hydroxylation is 4. The summed E-state index contributed by atoms with van der Waals surface area (Å²) < 4.78 is 5.54. The Balaban J connectivity index is 1.87. The molecule has 0 aromatic heterocycles. The summed E-state index contributed by atoms with van der Waals surface area (Å²) in [4.78, 5) is 11.8. The second-order valence-corrected chi connectivity index (χ2v) is 5.71. The smallest absolute Gasteiger partial charge is 0.277 e. The van der Waals surface area contributed by atoms with E-state index in [0.29, 0.717) is 0 Å². The van der Waals surface area contributed by atoms with Gasteiger partial charge in [-0.3, -0.25) is 4.79 Å². The lowest BCUT2D eigenvalue weighted by Gasteiger charge is -2.08. The van der Waals surface area contributed by atoms with Gasteiger partial charge in [-0.25, -0.2) is 5.43 Å². The molecule has 0 spiro atoms. The van der Waals surface area contributed by atoms with Crippen molar-refractivity contribution in [3.63, 3.8) is 0 Å². The van der Waals surface area contributed by atoms with E-state index in [0.717, 1.165) is 28.0 Å². The minimum Gasteiger partial charge on any atom is -0.483 e. The van der Waals surface area contributed by atoms with Crippen LogP contribution >= 0.6 is 0 Å². The minimum atomic E-state index is -0.285. The fourth-order valence-electron chi connectivity index (χ4n) is 2.18. The standard InChI is InChI=1S/C19H22N2O2/c1-13-6-8-17(16(4)9-13)11-20-21-19(22)12-23-18-10-14(2)5-7-15(18)3/h5-11H,12H2,1-4H3,(H,21,22)/b20-11+. The molecule has 120 valence electrons. The van der Waals surface area contributed by atoms with Crippen molar-refractivity contribution in [2.24, 2.45) is 5.10 Å². The molecule has 0 fully saturated rings. The molecule has 2 aromatic rings. The van der Waals surface area contributed by atoms with Gasteiger partial charge in [0, 0.05) is 0 Å². The number of amides is 1. The van der Waals surface area contributed by atoms with E-state index < -0.39 is 0 Å². The van der Waals surface area contributed by atoms with E-state index in [-0.39, 0.29) is 12.5 Å². The van der Waals surface area contributed by atoms with Crippen molar-refractivity contribution < 1.29 is 9.53 Å². The summed E-state index contributed by atoms with van der Waals surface area (Å²) >= 11 is 0. The van der Waals surface area contributed by atoms with Gasteiger partial charge in [0.15, 0.2) is 6.61 Å². The molecule has 0 aliphatic carbocycles. The van der Waals surface area contributed by atoms with E-state index in [1.807, 2.05) is 58.0 Å². The zero-order chi connectivity index (χ0) is 16.8. The summed E-state index contributed by atoms with van der Waals surface area (Å²) in [6.07, 6.45) is 1.64. The van der Waals surface area contributed by atoms with Gasteiger partial charge in [0.05, 0.1) is 6.21 Å². The molecule has 1 N–H and O–H groups in total. The Hall–Kier alpha value is -2.62. The quantitative estimate of drug-likeness (QED) is 0.679. The topological polar surface area (TPSA) is 50.7 Å². The Morgan fingerprint density at radius 1 is 1.04 bits per heavy atom. The highest BCUT2D eigenvalue weighted by Crippen LogP contribution is 2.18. The Morgan fingerprint density at radius 3 is 2.48 bits per heavy atom. The zero-order valence-corrected chi connectivity index (χ0v) is 14.0. The van der Waals surface area contributed by atoms with E-state index in [9.17, 15) is 4.79 Å². The maximum Gasteiger partial charge on any atom is 0.277 e. The normalized spacial score (nSPS) is 10.8. The van der Waals surface area contributed by atoms with E-state index in [2.05, 4.69) is 16.6 Å². The predicted molar refractivity (Wildman–Crippen MR) is 93.1 cm³/mol. The molecule has 2 rings (SSSR count). The number of hydrazone groups is 1. The van der Waals surface area contributed by atoms with Crippen LogP contribution in [0.15, 0.2) is 41.5 Å². The van der Waals surface area contributed by atoms with Crippen LogP contribution in [0.4, 0.5) is 0 Å². The predicted octanol–water partition coefficient (Wildman–Crippen LogP) is 3.45. The number of hydrogen-bond acceptors (Lipinski definition) is 3. The van der Waals surface area contributed by atoms with Crippen LogP contribution in [-0.4, -0.2) is 18.7 Å². The first-order chi connectivity index (χ1) is 11.0. The second-order valence-electron chi connectivity index (χ2n) is 5.71. The second kappa shape index (κ2) is 7.58. The van der Waals surface area contributed by atoms with Crippen molar-refractivity contribution in [1.29, 1.82) is 0 Å². The van der Waals surface area contributed by atoms with Gasteiger partial charge in [-0.2, -0.15) is 5.10 Å². The minimum absolute atomic E-state index is 0.0610. The summed E-state index contributed by atoms with van der Waals surface area (Å²) in [6.45, 7) is 7.93. The Morgan fingerprint density at radius 2 is 1.74 bits per heavy atom. The number of rotatable bonds is 5. The summed E-state index contributed by atoms with van der Waals surface area (Å²) in [5.74, 6) is 0.436. The third-order valence-electron chi connectivity index (χ3n) is 3.52. The van der Waals surface area contributed by atoms with Gasteiger partial charge < -0.3 is 4.74 Å². The fraction of sp³-hybridized carbons (Fsp3) is 0.263. The van der Waals surface area contributed by atoms with Crippen molar-refractivity contribution in [2.45, 2.75) is 27.7 Å². The fourth-order valence-corrected chi connectivity index (χ4v) is 2.18. The molecule has 0 unspecified atom stereocenters. The first kappa shape index (κ1) is 16.7. The largest absolute Gasteiger partial charge is 0.483 e. The maximum absolute atomic E-state index is 11.8. The number of benzene rings is 2. The molecule has 4 nitrogen and oxygen atoms in total. The summed E-state index contributed by atoms with van der Waals surface area (Å²) in [6, 6.07) is 12.0. The van der Waals surface area contributed by atoms with Gasteiger partial charge >= 0.3 is 0 Å². The highest BCUT2D eigenvalue weighted by molar-refractivity contribution is 5.84. The van der Waals surface area contributed by atoms with E-state index in [1.54, 1.807) is 6.21 Å². The molecule has 0 aliphatic rings. The maximum atomic E-state index is 11.8. The first-order valence-corrected chi connectivity index (χ1v) is 7.55. The van der Waals surface area contributed by atoms with Gasteiger partial charge in [0.2, 0.25) is 0 Å².